The number of hydrogen-bond acceptors (Lipinski definition) is 4. The van der Waals surface area contributed by atoms with Crippen molar-refractivity contribution < 1.29 is 9.90 Å². The van der Waals surface area contributed by atoms with Crippen LogP contribution >= 0.6 is 0 Å². The van der Waals surface area contributed by atoms with E-state index >= 15 is 0 Å². The molecule has 1 fully saturated rings. The van der Waals surface area contributed by atoms with Crippen LogP contribution in [0.2, 0.25) is 0 Å². The Morgan fingerprint density at radius 2 is 2.04 bits per heavy atom. The SMILES string of the molecule is Cc1cc(NC2CCCN(C(C(=O)O)c3ccccc3)C2)ccc1N. The Labute approximate surface area is 148 Å². The number of nitrogens with two attached hydrogens (primary N) is 1. The second-order valence-corrected chi connectivity index (χ2v) is 6.70. The number of nitrogens with zero attached hydrogens (tertiary/aromatic N) is 1. The molecule has 2 aromatic carbocycles. The molecule has 0 amide bonds. The van der Waals surface area contributed by atoms with Crippen LogP contribution in [-0.4, -0.2) is 35.1 Å². The molecule has 1 saturated heterocycles. The normalized spacial score (nSPS) is 19.3. The zero-order valence-corrected chi connectivity index (χ0v) is 14.5. The minimum Gasteiger partial charge on any atom is -0.480 e. The van der Waals surface area contributed by atoms with Crippen molar-refractivity contribution in [2.75, 3.05) is 24.1 Å². The molecule has 132 valence electrons. The summed E-state index contributed by atoms with van der Waals surface area (Å²) in [4.78, 5) is 13.9. The Hall–Kier alpha value is -2.53. The van der Waals surface area contributed by atoms with E-state index < -0.39 is 12.0 Å². The Morgan fingerprint density at radius 1 is 1.28 bits per heavy atom. The summed E-state index contributed by atoms with van der Waals surface area (Å²) >= 11 is 0. The predicted octanol–water partition coefficient (Wildman–Crippen LogP) is 3.28. The fourth-order valence-corrected chi connectivity index (χ4v) is 3.50. The van der Waals surface area contributed by atoms with Crippen molar-refractivity contribution in [3.05, 3.63) is 59.7 Å². The van der Waals surface area contributed by atoms with Crippen LogP contribution in [0, 0.1) is 6.92 Å². The van der Waals surface area contributed by atoms with Crippen molar-refractivity contribution in [3.8, 4) is 0 Å². The molecule has 0 bridgehead atoms. The summed E-state index contributed by atoms with van der Waals surface area (Å²) < 4.78 is 0. The number of hydrogen-bond donors (Lipinski definition) is 3. The number of nitrogen functional groups attached to an aromatic ring is 1. The van der Waals surface area contributed by atoms with Gasteiger partial charge in [0, 0.05) is 24.0 Å². The molecule has 25 heavy (non-hydrogen) atoms. The summed E-state index contributed by atoms with van der Waals surface area (Å²) in [7, 11) is 0. The molecule has 0 saturated carbocycles. The first-order chi connectivity index (χ1) is 12.0. The summed E-state index contributed by atoms with van der Waals surface area (Å²) in [5.74, 6) is -0.796. The summed E-state index contributed by atoms with van der Waals surface area (Å²) in [5.41, 5.74) is 9.57. The van der Waals surface area contributed by atoms with Crippen LogP contribution in [0.25, 0.3) is 0 Å². The van der Waals surface area contributed by atoms with Gasteiger partial charge in [0.2, 0.25) is 0 Å². The number of anilines is 2. The molecular formula is C20H25N3O2. The van der Waals surface area contributed by atoms with Gasteiger partial charge < -0.3 is 16.2 Å². The Morgan fingerprint density at radius 3 is 2.72 bits per heavy atom. The number of carboxylic acid groups (broad SMARTS) is 1. The molecule has 2 aromatic rings. The molecule has 2 atom stereocenters. The number of aliphatic carboxylic acids is 1. The van der Waals surface area contributed by atoms with E-state index in [1.54, 1.807) is 0 Å². The summed E-state index contributed by atoms with van der Waals surface area (Å²) in [6, 6.07) is 15.0. The molecule has 3 rings (SSSR count). The second-order valence-electron chi connectivity index (χ2n) is 6.70. The van der Waals surface area contributed by atoms with Crippen molar-refractivity contribution in [3.63, 3.8) is 0 Å². The van der Waals surface area contributed by atoms with Crippen molar-refractivity contribution in [2.45, 2.75) is 31.8 Å². The number of aryl methyl sites for hydroxylation is 1. The molecule has 1 aliphatic heterocycles. The second kappa shape index (κ2) is 7.57. The highest BCUT2D eigenvalue weighted by atomic mass is 16.4. The number of nitrogens with one attached hydrogen (secondary N) is 1. The Kier molecular flexibility index (Phi) is 5.24. The van der Waals surface area contributed by atoms with Gasteiger partial charge in [0.1, 0.15) is 6.04 Å². The van der Waals surface area contributed by atoms with Gasteiger partial charge in [-0.15, -0.1) is 0 Å². The minimum absolute atomic E-state index is 0.224. The summed E-state index contributed by atoms with van der Waals surface area (Å²) in [6.45, 7) is 3.49. The van der Waals surface area contributed by atoms with Crippen molar-refractivity contribution in [1.29, 1.82) is 0 Å². The maximum Gasteiger partial charge on any atom is 0.325 e. The summed E-state index contributed by atoms with van der Waals surface area (Å²) in [6.07, 6.45) is 2.00. The number of carboxylic acids is 1. The molecule has 0 spiro atoms. The molecule has 2 unspecified atom stereocenters. The van der Waals surface area contributed by atoms with Crippen LogP contribution in [0.3, 0.4) is 0 Å². The number of carbonyl (C=O) groups is 1. The molecule has 0 aromatic heterocycles. The van der Waals surface area contributed by atoms with Gasteiger partial charge in [-0.25, -0.2) is 0 Å². The number of benzene rings is 2. The molecule has 0 aliphatic carbocycles. The standard InChI is InChI=1S/C20H25N3O2/c1-14-12-16(9-10-18(14)21)22-17-8-5-11-23(13-17)19(20(24)25)15-6-3-2-4-7-15/h2-4,6-7,9-10,12,17,19,22H,5,8,11,13,21H2,1H3,(H,24,25). The molecule has 1 heterocycles. The van der Waals surface area contributed by atoms with Crippen molar-refractivity contribution >= 4 is 17.3 Å². The quantitative estimate of drug-likeness (QED) is 0.729. The van der Waals surface area contributed by atoms with Crippen LogP contribution in [0.15, 0.2) is 48.5 Å². The van der Waals surface area contributed by atoms with Crippen LogP contribution in [0.5, 0.6) is 0 Å². The highest BCUT2D eigenvalue weighted by Gasteiger charge is 2.31. The lowest BCUT2D eigenvalue weighted by Crippen LogP contribution is -2.46. The van der Waals surface area contributed by atoms with Gasteiger partial charge in [-0.2, -0.15) is 0 Å². The monoisotopic (exact) mass is 339 g/mol. The molecular weight excluding hydrogens is 314 g/mol. The number of piperidine rings is 1. The smallest absolute Gasteiger partial charge is 0.325 e. The lowest BCUT2D eigenvalue weighted by atomic mass is 9.99. The van der Waals surface area contributed by atoms with E-state index in [0.29, 0.717) is 6.54 Å². The maximum absolute atomic E-state index is 11.9. The van der Waals surface area contributed by atoms with E-state index in [9.17, 15) is 9.90 Å². The predicted molar refractivity (Wildman–Crippen MR) is 101 cm³/mol. The first-order valence-corrected chi connectivity index (χ1v) is 8.69. The zero-order valence-electron chi connectivity index (χ0n) is 14.5. The van der Waals surface area contributed by atoms with Gasteiger partial charge in [0.15, 0.2) is 0 Å². The molecule has 4 N–H and O–H groups in total. The molecule has 0 radical (unpaired) electrons. The van der Waals surface area contributed by atoms with Gasteiger partial charge in [-0.1, -0.05) is 30.3 Å². The van der Waals surface area contributed by atoms with Crippen LogP contribution in [0.4, 0.5) is 11.4 Å². The fourth-order valence-electron chi connectivity index (χ4n) is 3.50. The fraction of sp³-hybridized carbons (Fsp3) is 0.350. The van der Waals surface area contributed by atoms with Crippen LogP contribution in [-0.2, 0) is 4.79 Å². The molecule has 5 nitrogen and oxygen atoms in total. The molecule has 5 heteroatoms. The van der Waals surface area contributed by atoms with E-state index in [-0.39, 0.29) is 6.04 Å². The summed E-state index contributed by atoms with van der Waals surface area (Å²) in [5, 5.41) is 13.3. The van der Waals surface area contributed by atoms with Gasteiger partial charge in [-0.3, -0.25) is 9.69 Å². The van der Waals surface area contributed by atoms with Gasteiger partial charge >= 0.3 is 5.97 Å². The van der Waals surface area contributed by atoms with Gasteiger partial charge in [0.25, 0.3) is 0 Å². The highest BCUT2D eigenvalue weighted by molar-refractivity contribution is 5.75. The van der Waals surface area contributed by atoms with Crippen molar-refractivity contribution in [1.82, 2.24) is 4.90 Å². The minimum atomic E-state index is -0.796. The third kappa shape index (κ3) is 4.12. The third-order valence-electron chi connectivity index (χ3n) is 4.81. The highest BCUT2D eigenvalue weighted by Crippen LogP contribution is 2.27. The van der Waals surface area contributed by atoms with E-state index in [1.807, 2.05) is 55.5 Å². The lowest BCUT2D eigenvalue weighted by molar-refractivity contribution is -0.144. The lowest BCUT2D eigenvalue weighted by Gasteiger charge is -2.37. The Balaban J connectivity index is 1.73. The topological polar surface area (TPSA) is 78.6 Å². The first kappa shape index (κ1) is 17.3. The molecule has 1 aliphatic rings. The average molecular weight is 339 g/mol. The van der Waals surface area contributed by atoms with E-state index in [0.717, 1.165) is 41.9 Å². The number of likely N-dealkylation sites (tertiary alicyclic amines) is 1. The van der Waals surface area contributed by atoms with E-state index in [4.69, 9.17) is 5.73 Å². The van der Waals surface area contributed by atoms with Gasteiger partial charge in [-0.05, 0) is 55.6 Å². The van der Waals surface area contributed by atoms with E-state index in [1.165, 1.54) is 0 Å². The van der Waals surface area contributed by atoms with Crippen LogP contribution < -0.4 is 11.1 Å². The van der Waals surface area contributed by atoms with E-state index in [2.05, 4.69) is 10.2 Å². The van der Waals surface area contributed by atoms with Crippen LogP contribution in [0.1, 0.15) is 30.0 Å². The third-order valence-corrected chi connectivity index (χ3v) is 4.81. The average Bonchev–Trinajstić information content (AvgIpc) is 2.59. The van der Waals surface area contributed by atoms with Crippen molar-refractivity contribution in [2.24, 2.45) is 0 Å². The Bertz CT molecular complexity index is 733. The zero-order chi connectivity index (χ0) is 17.8. The largest absolute Gasteiger partial charge is 0.480 e. The maximum atomic E-state index is 11.9. The number of rotatable bonds is 5. The van der Waals surface area contributed by atoms with Gasteiger partial charge in [0.05, 0.1) is 0 Å². The first-order valence-electron chi connectivity index (χ1n) is 8.69.